The molecule has 0 amide bonds. The molecular formula is C12H6ClN3O2S2. The van der Waals surface area contributed by atoms with Crippen LogP contribution in [-0.2, 0) is 0 Å². The summed E-state index contributed by atoms with van der Waals surface area (Å²) in [6.07, 6.45) is 0. The Hall–Kier alpha value is -1.70. The summed E-state index contributed by atoms with van der Waals surface area (Å²) in [5.74, 6) is 0. The smallest absolute Gasteiger partial charge is 0.258 e. The van der Waals surface area contributed by atoms with Crippen LogP contribution in [0.4, 0.5) is 5.69 Å². The van der Waals surface area contributed by atoms with Crippen LogP contribution in [0.2, 0.25) is 5.15 Å². The van der Waals surface area contributed by atoms with Gasteiger partial charge in [-0.15, -0.1) is 11.3 Å². The molecule has 8 heteroatoms. The van der Waals surface area contributed by atoms with Gasteiger partial charge in [0.25, 0.3) is 5.69 Å². The van der Waals surface area contributed by atoms with Crippen LogP contribution in [0.15, 0.2) is 45.8 Å². The Morgan fingerprint density at radius 3 is 2.80 bits per heavy atom. The zero-order valence-electron chi connectivity index (χ0n) is 9.82. The molecule has 0 saturated heterocycles. The van der Waals surface area contributed by atoms with Crippen molar-refractivity contribution in [1.29, 1.82) is 0 Å². The molecule has 0 aliphatic carbocycles. The number of nitrogens with zero attached hydrogens (tertiary/aromatic N) is 3. The first kappa shape index (κ1) is 13.3. The molecule has 0 fully saturated rings. The summed E-state index contributed by atoms with van der Waals surface area (Å²) in [7, 11) is 0. The summed E-state index contributed by atoms with van der Waals surface area (Å²) < 4.78 is 1.83. The Labute approximate surface area is 126 Å². The Balaban J connectivity index is 1.96. The van der Waals surface area contributed by atoms with Crippen molar-refractivity contribution < 1.29 is 4.92 Å². The number of benzene rings is 1. The van der Waals surface area contributed by atoms with Crippen LogP contribution in [0.1, 0.15) is 0 Å². The molecule has 0 saturated carbocycles. The van der Waals surface area contributed by atoms with Crippen molar-refractivity contribution in [2.24, 2.45) is 0 Å². The van der Waals surface area contributed by atoms with Gasteiger partial charge in [0.2, 0.25) is 0 Å². The average molecular weight is 324 g/mol. The molecular weight excluding hydrogens is 318 g/mol. The Kier molecular flexibility index (Phi) is 3.56. The number of nitro groups is 1. The second-order valence-electron chi connectivity index (χ2n) is 3.79. The van der Waals surface area contributed by atoms with E-state index in [-0.39, 0.29) is 10.8 Å². The maximum Gasteiger partial charge on any atom is 0.275 e. The number of halogens is 1. The third-order valence-electron chi connectivity index (χ3n) is 2.43. The maximum atomic E-state index is 10.8. The quantitative estimate of drug-likeness (QED) is 0.406. The van der Waals surface area contributed by atoms with E-state index in [0.717, 1.165) is 14.6 Å². The molecule has 0 aliphatic heterocycles. The highest BCUT2D eigenvalue weighted by Gasteiger charge is 2.13. The van der Waals surface area contributed by atoms with E-state index in [1.807, 2.05) is 24.3 Å². The zero-order valence-corrected chi connectivity index (χ0v) is 12.2. The second kappa shape index (κ2) is 5.35. The first-order chi connectivity index (χ1) is 9.61. The van der Waals surface area contributed by atoms with Crippen molar-refractivity contribution >= 4 is 50.6 Å². The summed E-state index contributed by atoms with van der Waals surface area (Å²) in [6, 6.07) is 10.4. The lowest BCUT2D eigenvalue weighted by Crippen LogP contribution is -1.90. The number of hydrogen-bond acceptors (Lipinski definition) is 6. The van der Waals surface area contributed by atoms with Gasteiger partial charge in [-0.2, -0.15) is 0 Å². The topological polar surface area (TPSA) is 68.9 Å². The highest BCUT2D eigenvalue weighted by molar-refractivity contribution is 8.01. The third-order valence-corrected chi connectivity index (χ3v) is 4.64. The van der Waals surface area contributed by atoms with Crippen molar-refractivity contribution in [3.8, 4) is 0 Å². The molecule has 3 rings (SSSR count). The minimum atomic E-state index is -0.490. The van der Waals surface area contributed by atoms with Gasteiger partial charge in [0.1, 0.15) is 10.2 Å². The van der Waals surface area contributed by atoms with Gasteiger partial charge >= 0.3 is 0 Å². The fourth-order valence-electron chi connectivity index (χ4n) is 1.60. The lowest BCUT2D eigenvalue weighted by molar-refractivity contribution is -0.385. The molecule has 1 aromatic carbocycles. The van der Waals surface area contributed by atoms with Crippen molar-refractivity contribution in [3.05, 3.63) is 51.7 Å². The molecule has 0 unspecified atom stereocenters. The van der Waals surface area contributed by atoms with E-state index in [9.17, 15) is 10.1 Å². The maximum absolute atomic E-state index is 10.8. The van der Waals surface area contributed by atoms with E-state index >= 15 is 0 Å². The van der Waals surface area contributed by atoms with Crippen LogP contribution >= 0.6 is 34.7 Å². The molecule has 0 spiro atoms. The first-order valence-corrected chi connectivity index (χ1v) is 7.48. The van der Waals surface area contributed by atoms with Gasteiger partial charge in [0.15, 0.2) is 4.34 Å². The molecule has 2 heterocycles. The molecule has 3 aromatic rings. The SMILES string of the molecule is O=[N+]([O-])c1cc(Cl)nc(Sc2nc3ccccc3s2)c1. The number of hydrogen-bond donors (Lipinski definition) is 0. The summed E-state index contributed by atoms with van der Waals surface area (Å²) >= 11 is 8.57. The van der Waals surface area contributed by atoms with E-state index in [1.54, 1.807) is 0 Å². The molecule has 2 aromatic heterocycles. The standard InChI is InChI=1S/C12H6ClN3O2S2/c13-10-5-7(16(17)18)6-11(15-10)20-12-14-8-3-1-2-4-9(8)19-12/h1-6H. The molecule has 0 aliphatic rings. The van der Waals surface area contributed by atoms with Crippen molar-refractivity contribution in [2.45, 2.75) is 9.37 Å². The minimum Gasteiger partial charge on any atom is -0.258 e. The van der Waals surface area contributed by atoms with Crippen LogP contribution < -0.4 is 0 Å². The van der Waals surface area contributed by atoms with Gasteiger partial charge in [-0.25, -0.2) is 9.97 Å². The van der Waals surface area contributed by atoms with Gasteiger partial charge in [0.05, 0.1) is 21.2 Å². The molecule has 0 atom stereocenters. The monoisotopic (exact) mass is 323 g/mol. The fourth-order valence-corrected chi connectivity index (χ4v) is 3.89. The Morgan fingerprint density at radius 2 is 2.05 bits per heavy atom. The predicted octanol–water partition coefficient (Wildman–Crippen LogP) is 4.40. The largest absolute Gasteiger partial charge is 0.275 e. The normalized spacial score (nSPS) is 10.8. The van der Waals surface area contributed by atoms with E-state index in [4.69, 9.17) is 11.6 Å². The van der Waals surface area contributed by atoms with E-state index in [0.29, 0.717) is 5.03 Å². The van der Waals surface area contributed by atoms with E-state index in [2.05, 4.69) is 9.97 Å². The van der Waals surface area contributed by atoms with Gasteiger partial charge in [-0.05, 0) is 23.9 Å². The summed E-state index contributed by atoms with van der Waals surface area (Å²) in [4.78, 5) is 18.8. The number of rotatable bonds is 3. The number of fused-ring (bicyclic) bond motifs is 1. The highest BCUT2D eigenvalue weighted by Crippen LogP contribution is 2.35. The molecule has 20 heavy (non-hydrogen) atoms. The molecule has 100 valence electrons. The van der Waals surface area contributed by atoms with E-state index in [1.165, 1.54) is 35.2 Å². The molecule has 0 N–H and O–H groups in total. The van der Waals surface area contributed by atoms with Crippen molar-refractivity contribution in [1.82, 2.24) is 9.97 Å². The van der Waals surface area contributed by atoms with Crippen LogP contribution in [0.3, 0.4) is 0 Å². The number of para-hydroxylation sites is 1. The number of pyridine rings is 1. The Morgan fingerprint density at radius 1 is 1.25 bits per heavy atom. The van der Waals surface area contributed by atoms with Crippen molar-refractivity contribution in [3.63, 3.8) is 0 Å². The lowest BCUT2D eigenvalue weighted by Gasteiger charge is -1.98. The molecule has 5 nitrogen and oxygen atoms in total. The second-order valence-corrected chi connectivity index (χ2v) is 6.48. The van der Waals surface area contributed by atoms with Gasteiger partial charge in [-0.1, -0.05) is 23.7 Å². The zero-order chi connectivity index (χ0) is 14.1. The van der Waals surface area contributed by atoms with Crippen LogP contribution in [-0.4, -0.2) is 14.9 Å². The number of aromatic nitrogens is 2. The third kappa shape index (κ3) is 2.74. The first-order valence-electron chi connectivity index (χ1n) is 5.47. The minimum absolute atomic E-state index is 0.0754. The summed E-state index contributed by atoms with van der Waals surface area (Å²) in [5.41, 5.74) is 0.824. The van der Waals surface area contributed by atoms with Gasteiger partial charge in [-0.3, -0.25) is 10.1 Å². The number of thiazole rings is 1. The predicted molar refractivity (Wildman–Crippen MR) is 79.6 cm³/mol. The Bertz CT molecular complexity index is 773. The summed E-state index contributed by atoms with van der Waals surface area (Å²) in [6.45, 7) is 0. The van der Waals surface area contributed by atoms with Crippen LogP contribution in [0.25, 0.3) is 10.2 Å². The fraction of sp³-hybridized carbons (Fsp3) is 0. The van der Waals surface area contributed by atoms with E-state index < -0.39 is 4.92 Å². The molecule has 0 radical (unpaired) electrons. The van der Waals surface area contributed by atoms with Gasteiger partial charge in [0, 0.05) is 6.07 Å². The highest BCUT2D eigenvalue weighted by atomic mass is 35.5. The van der Waals surface area contributed by atoms with Crippen LogP contribution in [0.5, 0.6) is 0 Å². The summed E-state index contributed by atoms with van der Waals surface area (Å²) in [5, 5.41) is 11.4. The molecule has 0 bridgehead atoms. The van der Waals surface area contributed by atoms with Gasteiger partial charge < -0.3 is 0 Å². The van der Waals surface area contributed by atoms with Crippen molar-refractivity contribution in [2.75, 3.05) is 0 Å². The average Bonchev–Trinajstić information content (AvgIpc) is 2.79. The van der Waals surface area contributed by atoms with Crippen LogP contribution in [0, 0.1) is 10.1 Å². The lowest BCUT2D eigenvalue weighted by atomic mass is 10.3.